The van der Waals surface area contributed by atoms with E-state index in [9.17, 15) is 9.59 Å². The van der Waals surface area contributed by atoms with Crippen LogP contribution in [0.4, 0.5) is 0 Å². The molecule has 1 saturated heterocycles. The average molecular weight is 267 g/mol. The molecule has 4 nitrogen and oxygen atoms in total. The molecule has 0 bridgehead atoms. The number of carbonyl (C=O) groups is 2. The fraction of sp³-hybridized carbons (Fsp3) is 0.867. The first-order chi connectivity index (χ1) is 9.22. The van der Waals surface area contributed by atoms with Crippen molar-refractivity contribution in [3.63, 3.8) is 0 Å². The van der Waals surface area contributed by atoms with Crippen molar-refractivity contribution in [2.24, 2.45) is 5.92 Å². The lowest BCUT2D eigenvalue weighted by Crippen LogP contribution is -2.42. The second kappa shape index (κ2) is 6.92. The van der Waals surface area contributed by atoms with Gasteiger partial charge in [-0.15, -0.1) is 0 Å². The lowest BCUT2D eigenvalue weighted by atomic mass is 9.86. The van der Waals surface area contributed by atoms with Gasteiger partial charge in [0, 0.05) is 13.0 Å². The van der Waals surface area contributed by atoms with Gasteiger partial charge in [-0.3, -0.25) is 4.79 Å². The Morgan fingerprint density at radius 1 is 1.11 bits per heavy atom. The number of amides is 1. The monoisotopic (exact) mass is 267 g/mol. The summed E-state index contributed by atoms with van der Waals surface area (Å²) in [5, 5.41) is 0. The molecule has 108 valence electrons. The van der Waals surface area contributed by atoms with Gasteiger partial charge in [-0.05, 0) is 38.5 Å². The van der Waals surface area contributed by atoms with Crippen LogP contribution in [0.2, 0.25) is 0 Å². The summed E-state index contributed by atoms with van der Waals surface area (Å²) < 4.78 is 5.06. The van der Waals surface area contributed by atoms with Gasteiger partial charge in [0.2, 0.25) is 5.91 Å². The predicted octanol–water partition coefficient (Wildman–Crippen LogP) is 2.51. The summed E-state index contributed by atoms with van der Waals surface area (Å²) in [4.78, 5) is 25.9. The highest BCUT2D eigenvalue weighted by Crippen LogP contribution is 2.28. The van der Waals surface area contributed by atoms with Crippen molar-refractivity contribution in [2.45, 2.75) is 64.3 Å². The minimum Gasteiger partial charge on any atom is -0.464 e. The van der Waals surface area contributed by atoms with E-state index in [2.05, 4.69) is 0 Å². The maximum absolute atomic E-state index is 12.4. The van der Waals surface area contributed by atoms with Gasteiger partial charge in [-0.2, -0.15) is 0 Å². The molecule has 19 heavy (non-hydrogen) atoms. The summed E-state index contributed by atoms with van der Waals surface area (Å²) in [6.07, 6.45) is 8.44. The Morgan fingerprint density at radius 3 is 2.53 bits per heavy atom. The van der Waals surface area contributed by atoms with Crippen molar-refractivity contribution in [2.75, 3.05) is 13.2 Å². The molecule has 0 radical (unpaired) electrons. The molecule has 0 aromatic heterocycles. The number of carbonyl (C=O) groups excluding carboxylic acids is 2. The fourth-order valence-corrected chi connectivity index (χ4v) is 3.30. The van der Waals surface area contributed by atoms with E-state index in [4.69, 9.17) is 4.74 Å². The molecule has 0 spiro atoms. The van der Waals surface area contributed by atoms with Crippen molar-refractivity contribution in [1.29, 1.82) is 0 Å². The highest BCUT2D eigenvalue weighted by Gasteiger charge is 2.35. The Morgan fingerprint density at radius 2 is 1.84 bits per heavy atom. The van der Waals surface area contributed by atoms with E-state index in [1.54, 1.807) is 11.8 Å². The number of esters is 1. The third-order valence-corrected chi connectivity index (χ3v) is 4.32. The smallest absolute Gasteiger partial charge is 0.328 e. The predicted molar refractivity (Wildman–Crippen MR) is 72.6 cm³/mol. The SMILES string of the molecule is CCOC(=O)C1CCCN1C(=O)CC1CCCCC1. The molecule has 0 aromatic rings. The number of hydrogen-bond acceptors (Lipinski definition) is 3. The molecule has 2 fully saturated rings. The molecule has 1 saturated carbocycles. The van der Waals surface area contributed by atoms with Crippen molar-refractivity contribution < 1.29 is 14.3 Å². The zero-order valence-corrected chi connectivity index (χ0v) is 11.9. The summed E-state index contributed by atoms with van der Waals surface area (Å²) in [6, 6.07) is -0.323. The number of likely N-dealkylation sites (tertiary alicyclic amines) is 1. The van der Waals surface area contributed by atoms with E-state index in [1.807, 2.05) is 0 Å². The van der Waals surface area contributed by atoms with Crippen molar-refractivity contribution in [3.05, 3.63) is 0 Å². The molecule has 1 amide bonds. The van der Waals surface area contributed by atoms with E-state index in [0.717, 1.165) is 19.4 Å². The Kier molecular flexibility index (Phi) is 5.23. The third-order valence-electron chi connectivity index (χ3n) is 4.32. The lowest BCUT2D eigenvalue weighted by Gasteiger charge is -2.27. The molecule has 1 aliphatic heterocycles. The van der Waals surface area contributed by atoms with Gasteiger partial charge in [0.25, 0.3) is 0 Å². The molecule has 2 aliphatic rings. The minimum atomic E-state index is -0.323. The first-order valence-corrected chi connectivity index (χ1v) is 7.68. The van der Waals surface area contributed by atoms with Gasteiger partial charge >= 0.3 is 5.97 Å². The molecule has 1 aliphatic carbocycles. The zero-order chi connectivity index (χ0) is 13.7. The number of rotatable bonds is 4. The number of ether oxygens (including phenoxy) is 1. The van der Waals surface area contributed by atoms with Gasteiger partial charge in [0.05, 0.1) is 6.61 Å². The molecule has 1 atom stereocenters. The number of hydrogen-bond donors (Lipinski definition) is 0. The van der Waals surface area contributed by atoms with Crippen LogP contribution in [0.1, 0.15) is 58.3 Å². The standard InChI is InChI=1S/C15H25NO3/c1-2-19-15(18)13-9-6-10-16(13)14(17)11-12-7-4-3-5-8-12/h12-13H,2-11H2,1H3. The van der Waals surface area contributed by atoms with Crippen molar-refractivity contribution in [1.82, 2.24) is 4.90 Å². The maximum Gasteiger partial charge on any atom is 0.328 e. The molecular weight excluding hydrogens is 242 g/mol. The van der Waals surface area contributed by atoms with Crippen molar-refractivity contribution >= 4 is 11.9 Å². The van der Waals surface area contributed by atoms with E-state index in [1.165, 1.54) is 32.1 Å². The van der Waals surface area contributed by atoms with Gasteiger partial charge in [0.15, 0.2) is 0 Å². The maximum atomic E-state index is 12.4. The highest BCUT2D eigenvalue weighted by atomic mass is 16.5. The second-order valence-corrected chi connectivity index (χ2v) is 5.71. The Bertz CT molecular complexity index is 323. The normalized spacial score (nSPS) is 24.5. The fourth-order valence-electron chi connectivity index (χ4n) is 3.30. The Hall–Kier alpha value is -1.06. The molecule has 4 heteroatoms. The van der Waals surface area contributed by atoms with Gasteiger partial charge < -0.3 is 9.64 Å². The van der Waals surface area contributed by atoms with Crippen LogP contribution in [-0.4, -0.2) is 36.0 Å². The van der Waals surface area contributed by atoms with Crippen LogP contribution in [0, 0.1) is 5.92 Å². The first kappa shape index (κ1) is 14.4. The molecule has 1 unspecified atom stereocenters. The largest absolute Gasteiger partial charge is 0.464 e. The van der Waals surface area contributed by atoms with Crippen LogP contribution >= 0.6 is 0 Å². The Balaban J connectivity index is 1.87. The summed E-state index contributed by atoms with van der Waals surface area (Å²) in [5.74, 6) is 0.462. The van der Waals surface area contributed by atoms with Gasteiger partial charge in [0.1, 0.15) is 6.04 Å². The van der Waals surface area contributed by atoms with Crippen molar-refractivity contribution in [3.8, 4) is 0 Å². The van der Waals surface area contributed by atoms with Gasteiger partial charge in [-0.25, -0.2) is 4.79 Å². The molecule has 2 rings (SSSR count). The summed E-state index contributed by atoms with van der Waals surface area (Å²) >= 11 is 0. The van der Waals surface area contributed by atoms with Crippen LogP contribution in [0.25, 0.3) is 0 Å². The summed E-state index contributed by atoms with van der Waals surface area (Å²) in [6.45, 7) is 2.91. The molecule has 0 aromatic carbocycles. The van der Waals surface area contributed by atoms with E-state index in [-0.39, 0.29) is 17.9 Å². The molecular formula is C15H25NO3. The average Bonchev–Trinajstić information content (AvgIpc) is 2.89. The first-order valence-electron chi connectivity index (χ1n) is 7.68. The van der Waals surface area contributed by atoms with Crippen LogP contribution in [0.15, 0.2) is 0 Å². The van der Waals surface area contributed by atoms with E-state index in [0.29, 0.717) is 18.9 Å². The minimum absolute atomic E-state index is 0.155. The quantitative estimate of drug-likeness (QED) is 0.735. The zero-order valence-electron chi connectivity index (χ0n) is 11.9. The molecule has 1 heterocycles. The van der Waals surface area contributed by atoms with Crippen LogP contribution in [-0.2, 0) is 14.3 Å². The highest BCUT2D eigenvalue weighted by molar-refractivity contribution is 5.85. The summed E-state index contributed by atoms with van der Waals surface area (Å²) in [7, 11) is 0. The lowest BCUT2D eigenvalue weighted by molar-refractivity contribution is -0.153. The van der Waals surface area contributed by atoms with E-state index < -0.39 is 0 Å². The van der Waals surface area contributed by atoms with Crippen LogP contribution in [0.5, 0.6) is 0 Å². The Labute approximate surface area is 115 Å². The number of nitrogens with zero attached hydrogens (tertiary/aromatic N) is 1. The van der Waals surface area contributed by atoms with Crippen LogP contribution in [0.3, 0.4) is 0 Å². The summed E-state index contributed by atoms with van der Waals surface area (Å²) in [5.41, 5.74) is 0. The van der Waals surface area contributed by atoms with E-state index >= 15 is 0 Å². The topological polar surface area (TPSA) is 46.6 Å². The third kappa shape index (κ3) is 3.71. The van der Waals surface area contributed by atoms with Gasteiger partial charge in [-0.1, -0.05) is 19.3 Å². The van der Waals surface area contributed by atoms with Crippen LogP contribution < -0.4 is 0 Å². The molecule has 0 N–H and O–H groups in total. The second-order valence-electron chi connectivity index (χ2n) is 5.71.